The van der Waals surface area contributed by atoms with Crippen LogP contribution in [0, 0.1) is 0 Å². The summed E-state index contributed by atoms with van der Waals surface area (Å²) in [6.45, 7) is 4.50. The van der Waals surface area contributed by atoms with Gasteiger partial charge in [-0.3, -0.25) is 10.3 Å². The number of anilines is 1. The first-order chi connectivity index (χ1) is 17.2. The van der Waals surface area contributed by atoms with Crippen LogP contribution in [0.1, 0.15) is 43.8 Å². The van der Waals surface area contributed by atoms with Gasteiger partial charge in [0.05, 0.1) is 21.8 Å². The van der Waals surface area contributed by atoms with Crippen LogP contribution in [0.5, 0.6) is 0 Å². The standard InChI is InChI=1S/C20H16ClF3N6O3.C3H8/c21-14-7-12(18-27-16(10-31)29-33-18)8-26-17(14)11-3-5-30(6-4-11)19(32)28-15-2-1-13(9-25-15)20(22,23)24;1-3-2/h1-3,7-9,31H,4-6,10H2,(H,25,28,32);3H2,1-2H3. The van der Waals surface area contributed by atoms with E-state index in [2.05, 4.69) is 39.3 Å². The maximum atomic E-state index is 12.6. The normalized spacial score (nSPS) is 13.5. The van der Waals surface area contributed by atoms with Crippen LogP contribution in [0.4, 0.5) is 23.8 Å². The summed E-state index contributed by atoms with van der Waals surface area (Å²) in [6.07, 6.45) is 1.21. The van der Waals surface area contributed by atoms with E-state index in [0.717, 1.165) is 17.7 Å². The first-order valence-electron chi connectivity index (χ1n) is 11.0. The summed E-state index contributed by atoms with van der Waals surface area (Å²) in [7, 11) is 0. The predicted molar refractivity (Wildman–Crippen MR) is 127 cm³/mol. The van der Waals surface area contributed by atoms with Crippen LogP contribution >= 0.6 is 11.6 Å². The van der Waals surface area contributed by atoms with E-state index in [9.17, 15) is 18.0 Å². The van der Waals surface area contributed by atoms with E-state index in [-0.39, 0.29) is 30.7 Å². The second kappa shape index (κ2) is 12.0. The number of aliphatic hydroxyl groups excluding tert-OH is 1. The molecule has 36 heavy (non-hydrogen) atoms. The monoisotopic (exact) mass is 524 g/mol. The Labute approximate surface area is 210 Å². The van der Waals surface area contributed by atoms with Crippen molar-refractivity contribution in [1.82, 2.24) is 25.0 Å². The van der Waals surface area contributed by atoms with Gasteiger partial charge >= 0.3 is 12.2 Å². The van der Waals surface area contributed by atoms with E-state index in [4.69, 9.17) is 21.2 Å². The number of hydrogen-bond donors (Lipinski definition) is 2. The fraction of sp³-hybridized carbons (Fsp3) is 0.348. The molecule has 2 amide bonds. The first-order valence-corrected chi connectivity index (χ1v) is 11.4. The average molecular weight is 525 g/mol. The molecule has 0 aliphatic carbocycles. The van der Waals surface area contributed by atoms with E-state index in [1.165, 1.54) is 17.5 Å². The number of pyridine rings is 2. The molecule has 4 rings (SSSR count). The van der Waals surface area contributed by atoms with E-state index in [1.807, 2.05) is 0 Å². The largest absolute Gasteiger partial charge is 0.417 e. The number of carbonyl (C=O) groups is 1. The number of rotatable bonds is 4. The van der Waals surface area contributed by atoms with Gasteiger partial charge in [-0.2, -0.15) is 18.2 Å². The number of nitrogens with one attached hydrogen (secondary N) is 1. The zero-order chi connectivity index (χ0) is 26.3. The molecule has 1 aliphatic heterocycles. The number of amides is 2. The number of nitrogens with zero attached hydrogens (tertiary/aromatic N) is 5. The minimum Gasteiger partial charge on any atom is -0.388 e. The van der Waals surface area contributed by atoms with Crippen LogP contribution in [0.25, 0.3) is 17.0 Å². The minimum atomic E-state index is -4.50. The Morgan fingerprint density at radius 2 is 2.00 bits per heavy atom. The molecule has 0 saturated heterocycles. The molecular weight excluding hydrogens is 501 g/mol. The summed E-state index contributed by atoms with van der Waals surface area (Å²) < 4.78 is 42.9. The third-order valence-corrected chi connectivity index (χ3v) is 5.11. The fourth-order valence-corrected chi connectivity index (χ4v) is 3.41. The van der Waals surface area contributed by atoms with E-state index < -0.39 is 17.8 Å². The van der Waals surface area contributed by atoms with Crippen LogP contribution in [-0.2, 0) is 12.8 Å². The SMILES string of the molecule is CCC.O=C(Nc1ccc(C(F)(F)F)cn1)N1CC=C(c2ncc(-c3nc(CO)no3)cc2Cl)CC1. The zero-order valence-corrected chi connectivity index (χ0v) is 20.3. The van der Waals surface area contributed by atoms with E-state index in [0.29, 0.717) is 35.4 Å². The highest BCUT2D eigenvalue weighted by Gasteiger charge is 2.30. The highest BCUT2D eigenvalue weighted by atomic mass is 35.5. The summed E-state index contributed by atoms with van der Waals surface area (Å²) in [5.74, 6) is 0.343. The number of carbonyl (C=O) groups excluding carboxylic acids is 1. The summed E-state index contributed by atoms with van der Waals surface area (Å²) in [5, 5.41) is 15.5. The van der Waals surface area contributed by atoms with Crippen molar-refractivity contribution in [2.24, 2.45) is 0 Å². The Hall–Kier alpha value is -3.51. The molecule has 1 aliphatic rings. The molecule has 0 atom stereocenters. The van der Waals surface area contributed by atoms with E-state index in [1.54, 1.807) is 12.1 Å². The molecule has 13 heteroatoms. The summed E-state index contributed by atoms with van der Waals surface area (Å²) in [5.41, 5.74) is 0.989. The Morgan fingerprint density at radius 1 is 1.25 bits per heavy atom. The fourth-order valence-electron chi connectivity index (χ4n) is 3.12. The molecule has 3 aromatic heterocycles. The van der Waals surface area contributed by atoms with Gasteiger partial charge in [-0.15, -0.1) is 0 Å². The van der Waals surface area contributed by atoms with Crippen LogP contribution in [0.2, 0.25) is 5.02 Å². The lowest BCUT2D eigenvalue weighted by molar-refractivity contribution is -0.137. The topological polar surface area (TPSA) is 117 Å². The molecule has 0 spiro atoms. The molecule has 9 nitrogen and oxygen atoms in total. The van der Waals surface area contributed by atoms with Gasteiger partial charge in [0.2, 0.25) is 0 Å². The van der Waals surface area contributed by atoms with Gasteiger partial charge in [0, 0.05) is 25.5 Å². The second-order valence-electron chi connectivity index (χ2n) is 7.72. The third-order valence-electron chi connectivity index (χ3n) is 4.82. The molecular formula is C23H24ClF3N6O3. The molecule has 0 bridgehead atoms. The highest BCUT2D eigenvalue weighted by Crippen LogP contribution is 2.31. The number of halogens is 4. The van der Waals surface area contributed by atoms with Crippen molar-refractivity contribution in [2.75, 3.05) is 18.4 Å². The molecule has 192 valence electrons. The molecule has 4 heterocycles. The molecule has 3 aromatic rings. The van der Waals surface area contributed by atoms with Crippen LogP contribution in [0.3, 0.4) is 0 Å². The highest BCUT2D eigenvalue weighted by molar-refractivity contribution is 6.32. The lowest BCUT2D eigenvalue weighted by Gasteiger charge is -2.26. The summed E-state index contributed by atoms with van der Waals surface area (Å²) in [4.78, 5) is 25.9. The van der Waals surface area contributed by atoms with Gasteiger partial charge < -0.3 is 14.5 Å². The number of hydrogen-bond acceptors (Lipinski definition) is 7. The van der Waals surface area contributed by atoms with Crippen molar-refractivity contribution >= 4 is 29.0 Å². The van der Waals surface area contributed by atoms with Gasteiger partial charge in [-0.25, -0.2) is 9.78 Å². The Kier molecular flexibility index (Phi) is 8.99. The maximum absolute atomic E-state index is 12.6. The van der Waals surface area contributed by atoms with Crippen molar-refractivity contribution in [3.05, 3.63) is 58.8 Å². The number of urea groups is 1. The Bertz CT molecular complexity index is 1210. The first kappa shape index (κ1) is 27.1. The summed E-state index contributed by atoms with van der Waals surface area (Å²) >= 11 is 6.38. The quantitative estimate of drug-likeness (QED) is 0.467. The zero-order valence-electron chi connectivity index (χ0n) is 19.5. The van der Waals surface area contributed by atoms with Crippen molar-refractivity contribution in [2.45, 2.75) is 39.5 Å². The molecule has 0 unspecified atom stereocenters. The molecule has 0 aromatic carbocycles. The predicted octanol–water partition coefficient (Wildman–Crippen LogP) is 5.43. The Balaban J connectivity index is 0.00000115. The molecule has 0 radical (unpaired) electrons. The maximum Gasteiger partial charge on any atom is 0.417 e. The van der Waals surface area contributed by atoms with Crippen molar-refractivity contribution in [3.8, 4) is 11.5 Å². The van der Waals surface area contributed by atoms with Crippen molar-refractivity contribution < 1.29 is 27.6 Å². The average Bonchev–Trinajstić information content (AvgIpc) is 3.34. The number of aromatic nitrogens is 4. The van der Waals surface area contributed by atoms with Crippen LogP contribution in [0.15, 0.2) is 41.2 Å². The smallest absolute Gasteiger partial charge is 0.388 e. The van der Waals surface area contributed by atoms with Crippen LogP contribution < -0.4 is 5.32 Å². The molecule has 2 N–H and O–H groups in total. The van der Waals surface area contributed by atoms with Gasteiger partial charge in [0.25, 0.3) is 5.89 Å². The Morgan fingerprint density at radius 3 is 2.53 bits per heavy atom. The van der Waals surface area contributed by atoms with Crippen molar-refractivity contribution in [3.63, 3.8) is 0 Å². The van der Waals surface area contributed by atoms with Gasteiger partial charge in [0.15, 0.2) is 5.82 Å². The van der Waals surface area contributed by atoms with Crippen molar-refractivity contribution in [1.29, 1.82) is 0 Å². The summed E-state index contributed by atoms with van der Waals surface area (Å²) in [6, 6.07) is 3.09. The van der Waals surface area contributed by atoms with Gasteiger partial charge in [-0.1, -0.05) is 43.1 Å². The third kappa shape index (κ3) is 6.79. The lowest BCUT2D eigenvalue weighted by Crippen LogP contribution is -2.38. The number of aliphatic hydroxyl groups is 1. The number of alkyl halides is 3. The van der Waals surface area contributed by atoms with Gasteiger partial charge in [0.1, 0.15) is 12.4 Å². The second-order valence-corrected chi connectivity index (χ2v) is 8.13. The van der Waals surface area contributed by atoms with Gasteiger partial charge in [-0.05, 0) is 30.2 Å². The molecule has 0 saturated carbocycles. The molecule has 0 fully saturated rings. The van der Waals surface area contributed by atoms with Crippen LogP contribution in [-0.4, -0.2) is 49.2 Å². The van der Waals surface area contributed by atoms with E-state index >= 15 is 0 Å². The lowest BCUT2D eigenvalue weighted by atomic mass is 10.0. The minimum absolute atomic E-state index is 0.0217.